The number of hydrogen-bond acceptors (Lipinski definition) is 4. The first-order valence-corrected chi connectivity index (χ1v) is 8.76. The van der Waals surface area contributed by atoms with E-state index in [4.69, 9.17) is 11.6 Å². The van der Waals surface area contributed by atoms with Crippen LogP contribution in [0.2, 0.25) is 5.02 Å². The molecule has 2 aliphatic heterocycles. The van der Waals surface area contributed by atoms with Crippen molar-refractivity contribution in [2.24, 2.45) is 10.9 Å². The van der Waals surface area contributed by atoms with E-state index < -0.39 is 24.1 Å². The van der Waals surface area contributed by atoms with Crippen molar-refractivity contribution in [3.05, 3.63) is 46.5 Å². The van der Waals surface area contributed by atoms with E-state index in [2.05, 4.69) is 10.3 Å². The number of carbonyl (C=O) groups is 2. The lowest BCUT2D eigenvalue weighted by Gasteiger charge is -2.41. The highest BCUT2D eigenvalue weighted by molar-refractivity contribution is 6.30. The highest BCUT2D eigenvalue weighted by Crippen LogP contribution is 2.29. The summed E-state index contributed by atoms with van der Waals surface area (Å²) in [7, 11) is 0. The SMILES string of the molecule is O=C1N=CC=C(C(Cc2ccc(Cl)cc2)C2CNCCN2C(=O)O)C1O. The van der Waals surface area contributed by atoms with Crippen molar-refractivity contribution >= 4 is 29.8 Å². The van der Waals surface area contributed by atoms with Gasteiger partial charge < -0.3 is 20.4 Å². The first-order valence-electron chi connectivity index (χ1n) is 8.38. The van der Waals surface area contributed by atoms with Gasteiger partial charge in [-0.3, -0.25) is 4.79 Å². The zero-order valence-corrected chi connectivity index (χ0v) is 14.8. The Labute approximate surface area is 156 Å². The largest absolute Gasteiger partial charge is 0.465 e. The Kier molecular flexibility index (Phi) is 5.70. The first kappa shape index (κ1) is 18.6. The number of aliphatic imine (C=N–C) groups is 1. The Hall–Kier alpha value is -2.22. The Morgan fingerprint density at radius 1 is 1.38 bits per heavy atom. The maximum absolute atomic E-state index is 11.9. The molecule has 0 bridgehead atoms. The molecule has 3 N–H and O–H groups in total. The average Bonchev–Trinajstić information content (AvgIpc) is 2.64. The van der Waals surface area contributed by atoms with Crippen LogP contribution in [0, 0.1) is 5.92 Å². The normalized spacial score (nSPS) is 24.3. The molecule has 3 rings (SSSR count). The van der Waals surface area contributed by atoms with Crippen molar-refractivity contribution in [1.29, 1.82) is 0 Å². The summed E-state index contributed by atoms with van der Waals surface area (Å²) in [5, 5.41) is 23.7. The van der Waals surface area contributed by atoms with Crippen LogP contribution < -0.4 is 5.32 Å². The number of piperazine rings is 1. The molecule has 0 aliphatic carbocycles. The van der Waals surface area contributed by atoms with Gasteiger partial charge in [-0.25, -0.2) is 9.79 Å². The summed E-state index contributed by atoms with van der Waals surface area (Å²) in [5.74, 6) is -1.000. The molecule has 1 aromatic carbocycles. The Morgan fingerprint density at radius 2 is 2.12 bits per heavy atom. The number of benzene rings is 1. The van der Waals surface area contributed by atoms with Crippen molar-refractivity contribution in [2.75, 3.05) is 19.6 Å². The predicted molar refractivity (Wildman–Crippen MR) is 97.6 cm³/mol. The Morgan fingerprint density at radius 3 is 2.81 bits per heavy atom. The van der Waals surface area contributed by atoms with E-state index in [1.54, 1.807) is 18.2 Å². The van der Waals surface area contributed by atoms with Crippen molar-refractivity contribution in [3.63, 3.8) is 0 Å². The second kappa shape index (κ2) is 7.99. The van der Waals surface area contributed by atoms with Crippen LogP contribution in [0.1, 0.15) is 5.56 Å². The monoisotopic (exact) mass is 377 g/mol. The van der Waals surface area contributed by atoms with Gasteiger partial charge >= 0.3 is 6.09 Å². The lowest BCUT2D eigenvalue weighted by Crippen LogP contribution is -2.57. The van der Waals surface area contributed by atoms with E-state index in [9.17, 15) is 19.8 Å². The van der Waals surface area contributed by atoms with Crippen molar-refractivity contribution in [2.45, 2.75) is 18.6 Å². The summed E-state index contributed by atoms with van der Waals surface area (Å²) >= 11 is 5.94. The summed E-state index contributed by atoms with van der Waals surface area (Å²) in [6.07, 6.45) is 1.08. The first-order chi connectivity index (χ1) is 12.5. The Balaban J connectivity index is 1.96. The fourth-order valence-electron chi connectivity index (χ4n) is 3.50. The van der Waals surface area contributed by atoms with E-state index in [-0.39, 0.29) is 5.92 Å². The van der Waals surface area contributed by atoms with Gasteiger partial charge in [0.15, 0.2) is 6.10 Å². The van der Waals surface area contributed by atoms with E-state index in [0.29, 0.717) is 36.7 Å². The van der Waals surface area contributed by atoms with Crippen LogP contribution in [0.25, 0.3) is 0 Å². The number of aliphatic hydroxyl groups excluding tert-OH is 1. The molecule has 1 aromatic rings. The number of allylic oxidation sites excluding steroid dienone is 1. The maximum Gasteiger partial charge on any atom is 0.407 e. The fourth-order valence-corrected chi connectivity index (χ4v) is 3.63. The fraction of sp³-hybridized carbons (Fsp3) is 0.389. The van der Waals surface area contributed by atoms with Crippen LogP contribution in [0.5, 0.6) is 0 Å². The van der Waals surface area contributed by atoms with Gasteiger partial charge in [-0.1, -0.05) is 23.7 Å². The number of carboxylic acid groups (broad SMARTS) is 1. The standard InChI is InChI=1S/C18H20ClN3O4/c19-12-3-1-11(2-4-12)9-14(13-5-6-21-17(24)16(13)23)15-10-20-7-8-22(15)18(25)26/h1-6,14-16,20,23H,7-10H2,(H,25,26). The number of hydrogen-bond donors (Lipinski definition) is 3. The highest BCUT2D eigenvalue weighted by atomic mass is 35.5. The zero-order valence-electron chi connectivity index (χ0n) is 14.0. The van der Waals surface area contributed by atoms with Gasteiger partial charge in [0, 0.05) is 36.8 Å². The quantitative estimate of drug-likeness (QED) is 0.735. The second-order valence-corrected chi connectivity index (χ2v) is 6.81. The summed E-state index contributed by atoms with van der Waals surface area (Å²) in [6.45, 7) is 1.36. The Bertz CT molecular complexity index is 747. The minimum absolute atomic E-state index is 0.350. The molecule has 3 atom stereocenters. The lowest BCUT2D eigenvalue weighted by atomic mass is 9.80. The van der Waals surface area contributed by atoms with Crippen molar-refractivity contribution < 1.29 is 19.8 Å². The molecule has 0 saturated carbocycles. The number of rotatable bonds is 4. The van der Waals surface area contributed by atoms with E-state index in [1.807, 2.05) is 12.1 Å². The van der Waals surface area contributed by atoms with Crippen LogP contribution in [-0.2, 0) is 11.2 Å². The van der Waals surface area contributed by atoms with Gasteiger partial charge in [-0.2, -0.15) is 0 Å². The van der Waals surface area contributed by atoms with Gasteiger partial charge in [0.1, 0.15) is 0 Å². The van der Waals surface area contributed by atoms with E-state index in [0.717, 1.165) is 5.56 Å². The van der Waals surface area contributed by atoms with Gasteiger partial charge in [-0.05, 0) is 35.8 Å². The van der Waals surface area contributed by atoms with Crippen LogP contribution in [-0.4, -0.2) is 65.1 Å². The molecule has 7 nitrogen and oxygen atoms in total. The van der Waals surface area contributed by atoms with E-state index in [1.165, 1.54) is 11.1 Å². The second-order valence-electron chi connectivity index (χ2n) is 6.37. The minimum Gasteiger partial charge on any atom is -0.465 e. The summed E-state index contributed by atoms with van der Waals surface area (Å²) in [6, 6.07) is 6.85. The van der Waals surface area contributed by atoms with Crippen LogP contribution in [0.3, 0.4) is 0 Å². The number of dihydropyridines is 1. The third-order valence-electron chi connectivity index (χ3n) is 4.81. The number of amides is 2. The molecule has 0 spiro atoms. The minimum atomic E-state index is -1.35. The molecule has 2 amide bonds. The van der Waals surface area contributed by atoms with Crippen molar-refractivity contribution in [3.8, 4) is 0 Å². The molecular formula is C18H20ClN3O4. The van der Waals surface area contributed by atoms with Crippen LogP contribution in [0.15, 0.2) is 40.9 Å². The summed E-state index contributed by atoms with van der Waals surface area (Å²) in [4.78, 5) is 28.5. The number of aliphatic hydroxyl groups is 1. The molecule has 0 aromatic heterocycles. The van der Waals surface area contributed by atoms with Gasteiger partial charge in [0.25, 0.3) is 5.91 Å². The molecule has 2 heterocycles. The molecular weight excluding hydrogens is 358 g/mol. The van der Waals surface area contributed by atoms with E-state index >= 15 is 0 Å². The van der Waals surface area contributed by atoms with Gasteiger partial charge in [-0.15, -0.1) is 0 Å². The van der Waals surface area contributed by atoms with Crippen LogP contribution in [0.4, 0.5) is 4.79 Å². The maximum atomic E-state index is 11.9. The lowest BCUT2D eigenvalue weighted by molar-refractivity contribution is -0.124. The molecule has 2 aliphatic rings. The third kappa shape index (κ3) is 3.95. The smallest absolute Gasteiger partial charge is 0.407 e. The molecule has 1 saturated heterocycles. The molecule has 8 heteroatoms. The molecule has 1 fully saturated rings. The number of nitrogens with one attached hydrogen (secondary N) is 1. The molecule has 3 unspecified atom stereocenters. The molecule has 0 radical (unpaired) electrons. The summed E-state index contributed by atoms with van der Waals surface area (Å²) in [5.41, 5.74) is 1.43. The number of carbonyl (C=O) groups excluding carboxylic acids is 1. The van der Waals surface area contributed by atoms with Gasteiger partial charge in [0.05, 0.1) is 6.04 Å². The van der Waals surface area contributed by atoms with Crippen LogP contribution >= 0.6 is 11.6 Å². The predicted octanol–water partition coefficient (Wildman–Crippen LogP) is 1.35. The average molecular weight is 378 g/mol. The van der Waals surface area contributed by atoms with Crippen molar-refractivity contribution in [1.82, 2.24) is 10.2 Å². The highest BCUT2D eigenvalue weighted by Gasteiger charge is 2.38. The summed E-state index contributed by atoms with van der Waals surface area (Å²) < 4.78 is 0. The zero-order chi connectivity index (χ0) is 18.7. The third-order valence-corrected chi connectivity index (χ3v) is 5.06. The topological polar surface area (TPSA) is 102 Å². The molecule has 26 heavy (non-hydrogen) atoms. The molecule has 138 valence electrons. The number of halogens is 1. The van der Waals surface area contributed by atoms with Gasteiger partial charge in [0.2, 0.25) is 0 Å². The number of nitrogens with zero attached hydrogens (tertiary/aromatic N) is 2.